The van der Waals surface area contributed by atoms with Gasteiger partial charge in [0, 0.05) is 10.2 Å². The minimum Gasteiger partial charge on any atom is -0.530 e. The second-order valence-corrected chi connectivity index (χ2v) is 2.84. The molecule has 4 heteroatoms. The summed E-state index contributed by atoms with van der Waals surface area (Å²) in [7, 11) is 0. The monoisotopic (exact) mass is 214 g/mol. The van der Waals surface area contributed by atoms with Gasteiger partial charge in [0.2, 0.25) is 0 Å². The van der Waals surface area contributed by atoms with E-state index < -0.39 is 6.09 Å². The third-order valence-corrected chi connectivity index (χ3v) is 1.56. The number of hydrogen-bond donors (Lipinski definition) is 1. The van der Waals surface area contributed by atoms with Gasteiger partial charge in [0.15, 0.2) is 0 Å². The summed E-state index contributed by atoms with van der Waals surface area (Å²) < 4.78 is 0.823. The van der Waals surface area contributed by atoms with Crippen molar-refractivity contribution in [2.24, 2.45) is 0 Å². The molecule has 1 aromatic carbocycles. The van der Waals surface area contributed by atoms with E-state index in [4.69, 9.17) is 0 Å². The molecule has 0 atom stereocenters. The number of halogens is 1. The number of hydrogen-bond acceptors (Lipinski definition) is 2. The van der Waals surface area contributed by atoms with Gasteiger partial charge in [0.05, 0.1) is 0 Å². The van der Waals surface area contributed by atoms with Crippen molar-refractivity contribution in [2.45, 2.75) is 0 Å². The van der Waals surface area contributed by atoms with E-state index in [0.29, 0.717) is 5.69 Å². The number of carbonyl (C=O) groups excluding carboxylic acids is 1. The molecule has 1 N–H and O–H groups in total. The number of carbonyl (C=O) groups is 1. The molecule has 0 unspecified atom stereocenters. The second kappa shape index (κ2) is 3.39. The van der Waals surface area contributed by atoms with Crippen molar-refractivity contribution in [3.05, 3.63) is 28.7 Å². The Morgan fingerprint density at radius 1 is 1.55 bits per heavy atom. The Labute approximate surface area is 72.2 Å². The van der Waals surface area contributed by atoms with Crippen molar-refractivity contribution in [1.82, 2.24) is 0 Å². The molecule has 0 aliphatic carbocycles. The van der Waals surface area contributed by atoms with Crippen LogP contribution in [0.25, 0.3) is 0 Å². The first-order valence-electron chi connectivity index (χ1n) is 2.92. The lowest BCUT2D eigenvalue weighted by Crippen LogP contribution is -2.28. The highest BCUT2D eigenvalue weighted by atomic mass is 79.9. The lowest BCUT2D eigenvalue weighted by Gasteiger charge is -2.05. The highest BCUT2D eigenvalue weighted by molar-refractivity contribution is 9.10. The van der Waals surface area contributed by atoms with Gasteiger partial charge < -0.3 is 15.2 Å². The van der Waals surface area contributed by atoms with Crippen molar-refractivity contribution >= 4 is 27.7 Å². The van der Waals surface area contributed by atoms with Crippen LogP contribution in [0.4, 0.5) is 10.5 Å². The summed E-state index contributed by atoms with van der Waals surface area (Å²) in [4.78, 5) is 10.0. The fourth-order valence-electron chi connectivity index (χ4n) is 0.684. The first-order valence-corrected chi connectivity index (χ1v) is 3.71. The Kier molecular flexibility index (Phi) is 2.48. The second-order valence-electron chi connectivity index (χ2n) is 1.92. The number of benzene rings is 1. The molecule has 1 amide bonds. The Morgan fingerprint density at radius 2 is 2.27 bits per heavy atom. The lowest BCUT2D eigenvalue weighted by molar-refractivity contribution is -0.242. The van der Waals surface area contributed by atoms with Gasteiger partial charge in [-0.2, -0.15) is 0 Å². The minimum atomic E-state index is -1.30. The van der Waals surface area contributed by atoms with Crippen LogP contribution in [-0.2, 0) is 0 Å². The molecule has 0 heterocycles. The van der Waals surface area contributed by atoms with E-state index in [9.17, 15) is 9.90 Å². The molecule has 3 nitrogen and oxygen atoms in total. The van der Waals surface area contributed by atoms with E-state index in [1.54, 1.807) is 24.3 Å². The molecule has 1 aromatic rings. The number of rotatable bonds is 1. The Balaban J connectivity index is 2.79. The van der Waals surface area contributed by atoms with E-state index in [1.165, 1.54) is 0 Å². The molecule has 0 aliphatic heterocycles. The quantitative estimate of drug-likeness (QED) is 0.765. The molecule has 0 fully saturated rings. The Morgan fingerprint density at radius 3 is 2.82 bits per heavy atom. The zero-order valence-electron chi connectivity index (χ0n) is 5.50. The molecule has 0 aliphatic rings. The van der Waals surface area contributed by atoms with Crippen LogP contribution in [0.5, 0.6) is 0 Å². The highest BCUT2D eigenvalue weighted by Gasteiger charge is 1.90. The van der Waals surface area contributed by atoms with Crippen molar-refractivity contribution in [1.29, 1.82) is 0 Å². The van der Waals surface area contributed by atoms with Gasteiger partial charge in [-0.3, -0.25) is 0 Å². The molecule has 0 saturated heterocycles. The maximum Gasteiger partial charge on any atom is 0.138 e. The van der Waals surface area contributed by atoms with Gasteiger partial charge in [-0.15, -0.1) is 0 Å². The van der Waals surface area contributed by atoms with Crippen LogP contribution >= 0.6 is 15.9 Å². The van der Waals surface area contributed by atoms with E-state index in [0.717, 1.165) is 4.47 Å². The van der Waals surface area contributed by atoms with Crippen LogP contribution in [-0.4, -0.2) is 6.09 Å². The summed E-state index contributed by atoms with van der Waals surface area (Å²) in [5.74, 6) is 0. The van der Waals surface area contributed by atoms with Crippen LogP contribution in [0, 0.1) is 0 Å². The molecule has 0 bridgehead atoms. The summed E-state index contributed by atoms with van der Waals surface area (Å²) in [6.45, 7) is 0. The van der Waals surface area contributed by atoms with Crippen LogP contribution < -0.4 is 10.4 Å². The number of amides is 1. The van der Waals surface area contributed by atoms with Gasteiger partial charge in [0.25, 0.3) is 0 Å². The van der Waals surface area contributed by atoms with Gasteiger partial charge in [-0.1, -0.05) is 22.0 Å². The average Bonchev–Trinajstić information content (AvgIpc) is 1.85. The molecular weight excluding hydrogens is 210 g/mol. The zero-order valence-corrected chi connectivity index (χ0v) is 7.09. The fourth-order valence-corrected chi connectivity index (χ4v) is 1.08. The molecule has 0 aromatic heterocycles. The minimum absolute atomic E-state index is 0.499. The van der Waals surface area contributed by atoms with Crippen molar-refractivity contribution in [2.75, 3.05) is 5.32 Å². The molecule has 0 radical (unpaired) electrons. The predicted octanol–water partition coefficient (Wildman–Crippen LogP) is 1.20. The molecular formula is C7H5BrNO2-. The number of carboxylic acid groups (broad SMARTS) is 1. The fraction of sp³-hybridized carbons (Fsp3) is 0. The van der Waals surface area contributed by atoms with Crippen LogP contribution in [0.2, 0.25) is 0 Å². The lowest BCUT2D eigenvalue weighted by atomic mass is 10.3. The summed E-state index contributed by atoms with van der Waals surface area (Å²) >= 11 is 3.20. The molecule has 0 saturated carbocycles. The molecule has 1 rings (SSSR count). The van der Waals surface area contributed by atoms with Gasteiger partial charge in [0.1, 0.15) is 6.09 Å². The number of nitrogens with one attached hydrogen (secondary N) is 1. The first-order chi connectivity index (χ1) is 5.18. The summed E-state index contributed by atoms with van der Waals surface area (Å²) in [6, 6.07) is 6.83. The normalized spacial score (nSPS) is 9.18. The van der Waals surface area contributed by atoms with Crippen molar-refractivity contribution < 1.29 is 9.90 Å². The van der Waals surface area contributed by atoms with E-state index in [-0.39, 0.29) is 0 Å². The van der Waals surface area contributed by atoms with Crippen LogP contribution in [0.15, 0.2) is 28.7 Å². The predicted molar refractivity (Wildman–Crippen MR) is 43.2 cm³/mol. The SMILES string of the molecule is O=C([O-])Nc1cccc(Br)c1. The molecule has 58 valence electrons. The Bertz CT molecular complexity index is 275. The topological polar surface area (TPSA) is 52.2 Å². The summed E-state index contributed by atoms with van der Waals surface area (Å²) in [6.07, 6.45) is -1.30. The highest BCUT2D eigenvalue weighted by Crippen LogP contribution is 2.14. The summed E-state index contributed by atoms with van der Waals surface area (Å²) in [5.41, 5.74) is 0.499. The third-order valence-electron chi connectivity index (χ3n) is 1.07. The third kappa shape index (κ3) is 2.59. The van der Waals surface area contributed by atoms with Crippen molar-refractivity contribution in [3.8, 4) is 0 Å². The summed E-state index contributed by atoms with van der Waals surface area (Å²) in [5, 5.41) is 12.2. The zero-order chi connectivity index (χ0) is 8.27. The first kappa shape index (κ1) is 8.07. The van der Waals surface area contributed by atoms with Crippen LogP contribution in [0.1, 0.15) is 0 Å². The smallest absolute Gasteiger partial charge is 0.138 e. The maximum atomic E-state index is 10.0. The van der Waals surface area contributed by atoms with E-state index in [2.05, 4.69) is 21.2 Å². The largest absolute Gasteiger partial charge is 0.530 e. The maximum absolute atomic E-state index is 10.0. The van der Waals surface area contributed by atoms with Gasteiger partial charge in [-0.05, 0) is 18.2 Å². The van der Waals surface area contributed by atoms with E-state index in [1.807, 2.05) is 0 Å². The standard InChI is InChI=1S/C7H6BrNO2/c8-5-2-1-3-6(4-5)9-7(10)11/h1-4,9H,(H,10,11)/p-1. The molecule has 11 heavy (non-hydrogen) atoms. The molecule has 0 spiro atoms. The average molecular weight is 215 g/mol. The van der Waals surface area contributed by atoms with Crippen molar-refractivity contribution in [3.63, 3.8) is 0 Å². The van der Waals surface area contributed by atoms with Gasteiger partial charge in [-0.25, -0.2) is 0 Å². The van der Waals surface area contributed by atoms with Crippen LogP contribution in [0.3, 0.4) is 0 Å². The Hall–Kier alpha value is -1.03. The van der Waals surface area contributed by atoms with Gasteiger partial charge >= 0.3 is 0 Å². The van der Waals surface area contributed by atoms with E-state index >= 15 is 0 Å². The number of anilines is 1.